The fourth-order valence-corrected chi connectivity index (χ4v) is 3.57. The van der Waals surface area contributed by atoms with Gasteiger partial charge in [-0.05, 0) is 35.8 Å². The predicted octanol–water partition coefficient (Wildman–Crippen LogP) is 2.16. The third-order valence-corrected chi connectivity index (χ3v) is 4.41. The molecule has 2 saturated heterocycles. The smallest absolute Gasteiger partial charge is 0.158 e. The third kappa shape index (κ3) is 1.26. The zero-order valence-electron chi connectivity index (χ0n) is 9.26. The summed E-state index contributed by atoms with van der Waals surface area (Å²) in [6.45, 7) is 0.813. The molecular weight excluding hydrogens is 200 g/mol. The van der Waals surface area contributed by atoms with Gasteiger partial charge in [-0.15, -0.1) is 0 Å². The fraction of sp³-hybridized carbons (Fsp3) is 0.571. The summed E-state index contributed by atoms with van der Waals surface area (Å²) in [6, 6.07) is 8.86. The standard InChI is InChI=1S/C14H16O2/c1-2-4-10-6-12-11(5-9(10)3-1)7-14-15-8-13(12)16-14/h1-4,11-14H,5-8H2/t11-,12-,13?,14?/m0/s1. The summed E-state index contributed by atoms with van der Waals surface area (Å²) in [7, 11) is 0. The second-order valence-electron chi connectivity index (χ2n) is 5.27. The van der Waals surface area contributed by atoms with Crippen molar-refractivity contribution in [1.82, 2.24) is 0 Å². The zero-order valence-corrected chi connectivity index (χ0v) is 9.26. The van der Waals surface area contributed by atoms with Crippen molar-refractivity contribution < 1.29 is 9.47 Å². The van der Waals surface area contributed by atoms with Gasteiger partial charge in [-0.3, -0.25) is 0 Å². The molecule has 16 heavy (non-hydrogen) atoms. The number of benzene rings is 1. The van der Waals surface area contributed by atoms with Crippen LogP contribution < -0.4 is 0 Å². The van der Waals surface area contributed by atoms with Gasteiger partial charge >= 0.3 is 0 Å². The van der Waals surface area contributed by atoms with E-state index in [1.807, 2.05) is 0 Å². The Morgan fingerprint density at radius 3 is 2.75 bits per heavy atom. The van der Waals surface area contributed by atoms with Crippen LogP contribution in [0.1, 0.15) is 17.5 Å². The minimum absolute atomic E-state index is 0.0940. The van der Waals surface area contributed by atoms with E-state index < -0.39 is 0 Å². The molecule has 2 unspecified atom stereocenters. The largest absolute Gasteiger partial charge is 0.350 e. The molecule has 0 N–H and O–H groups in total. The molecule has 1 aromatic rings. The first-order chi connectivity index (χ1) is 7.90. The Morgan fingerprint density at radius 2 is 1.88 bits per heavy atom. The van der Waals surface area contributed by atoms with Crippen LogP contribution in [0.25, 0.3) is 0 Å². The number of fused-ring (bicyclic) bond motifs is 5. The molecule has 1 aromatic carbocycles. The summed E-state index contributed by atoms with van der Waals surface area (Å²) in [4.78, 5) is 0. The van der Waals surface area contributed by atoms with E-state index in [0.29, 0.717) is 12.0 Å². The molecule has 0 radical (unpaired) electrons. The van der Waals surface area contributed by atoms with Gasteiger partial charge in [0, 0.05) is 6.42 Å². The van der Waals surface area contributed by atoms with Crippen molar-refractivity contribution in [2.75, 3.05) is 6.61 Å². The van der Waals surface area contributed by atoms with E-state index in [2.05, 4.69) is 24.3 Å². The molecule has 2 fully saturated rings. The molecular formula is C14H16O2. The molecule has 2 bridgehead atoms. The van der Waals surface area contributed by atoms with Gasteiger partial charge in [0.2, 0.25) is 0 Å². The molecule has 4 atom stereocenters. The minimum atomic E-state index is 0.0940. The van der Waals surface area contributed by atoms with E-state index in [0.717, 1.165) is 18.9 Å². The van der Waals surface area contributed by atoms with Crippen LogP contribution in [0.4, 0.5) is 0 Å². The lowest BCUT2D eigenvalue weighted by molar-refractivity contribution is -0.121. The second kappa shape index (κ2) is 3.31. The average molecular weight is 216 g/mol. The van der Waals surface area contributed by atoms with E-state index in [1.54, 1.807) is 5.56 Å². The molecule has 0 aromatic heterocycles. The van der Waals surface area contributed by atoms with E-state index in [-0.39, 0.29) is 6.29 Å². The lowest BCUT2D eigenvalue weighted by Gasteiger charge is -2.39. The molecule has 2 aliphatic heterocycles. The normalized spacial score (nSPS) is 40.2. The number of ether oxygens (including phenoxy) is 2. The van der Waals surface area contributed by atoms with Crippen molar-refractivity contribution in [3.63, 3.8) is 0 Å². The lowest BCUT2D eigenvalue weighted by Crippen LogP contribution is -2.40. The highest BCUT2D eigenvalue weighted by atomic mass is 16.7. The van der Waals surface area contributed by atoms with Gasteiger partial charge in [-0.25, -0.2) is 0 Å². The van der Waals surface area contributed by atoms with Crippen molar-refractivity contribution in [3.8, 4) is 0 Å². The molecule has 4 rings (SSSR count). The van der Waals surface area contributed by atoms with Crippen LogP contribution in [0, 0.1) is 11.8 Å². The molecule has 84 valence electrons. The number of hydrogen-bond donors (Lipinski definition) is 0. The van der Waals surface area contributed by atoms with Gasteiger partial charge in [0.05, 0.1) is 12.7 Å². The van der Waals surface area contributed by atoms with Crippen LogP contribution in [0.2, 0.25) is 0 Å². The van der Waals surface area contributed by atoms with Gasteiger partial charge in [0.1, 0.15) is 0 Å². The lowest BCUT2D eigenvalue weighted by atomic mass is 9.71. The monoisotopic (exact) mass is 216 g/mol. The Kier molecular flexibility index (Phi) is 1.91. The Bertz CT molecular complexity index is 415. The van der Waals surface area contributed by atoms with Gasteiger partial charge in [0.25, 0.3) is 0 Å². The van der Waals surface area contributed by atoms with Gasteiger partial charge in [-0.2, -0.15) is 0 Å². The number of hydrogen-bond acceptors (Lipinski definition) is 2. The Labute approximate surface area is 95.6 Å². The maximum Gasteiger partial charge on any atom is 0.158 e. The highest BCUT2D eigenvalue weighted by molar-refractivity contribution is 5.31. The van der Waals surface area contributed by atoms with Crippen molar-refractivity contribution >= 4 is 0 Å². The van der Waals surface area contributed by atoms with E-state index >= 15 is 0 Å². The first-order valence-electron chi connectivity index (χ1n) is 6.24. The molecule has 2 nitrogen and oxygen atoms in total. The molecule has 2 heteroatoms. The highest BCUT2D eigenvalue weighted by Crippen LogP contribution is 2.43. The van der Waals surface area contributed by atoms with Crippen LogP contribution in [0.15, 0.2) is 24.3 Å². The van der Waals surface area contributed by atoms with Crippen molar-refractivity contribution in [1.29, 1.82) is 0 Å². The topological polar surface area (TPSA) is 18.5 Å². The van der Waals surface area contributed by atoms with Crippen LogP contribution in [0.5, 0.6) is 0 Å². The van der Waals surface area contributed by atoms with Crippen molar-refractivity contribution in [3.05, 3.63) is 35.4 Å². The predicted molar refractivity (Wildman–Crippen MR) is 60.1 cm³/mol. The molecule has 2 heterocycles. The van der Waals surface area contributed by atoms with Gasteiger partial charge in [0.15, 0.2) is 6.29 Å². The Hall–Kier alpha value is -0.860. The van der Waals surface area contributed by atoms with Crippen LogP contribution in [0.3, 0.4) is 0 Å². The molecule has 1 aliphatic carbocycles. The fourth-order valence-electron chi connectivity index (χ4n) is 3.57. The van der Waals surface area contributed by atoms with Crippen molar-refractivity contribution in [2.45, 2.75) is 31.7 Å². The van der Waals surface area contributed by atoms with E-state index in [9.17, 15) is 0 Å². The first kappa shape index (κ1) is 9.20. The van der Waals surface area contributed by atoms with E-state index in [4.69, 9.17) is 9.47 Å². The zero-order chi connectivity index (χ0) is 10.5. The Balaban J connectivity index is 1.70. The average Bonchev–Trinajstić information content (AvgIpc) is 2.71. The molecule has 0 spiro atoms. The summed E-state index contributed by atoms with van der Waals surface area (Å²) in [5.74, 6) is 1.47. The van der Waals surface area contributed by atoms with Crippen LogP contribution in [-0.2, 0) is 22.3 Å². The van der Waals surface area contributed by atoms with Gasteiger partial charge < -0.3 is 9.47 Å². The summed E-state index contributed by atoms with van der Waals surface area (Å²) >= 11 is 0. The number of rotatable bonds is 0. The van der Waals surface area contributed by atoms with Crippen LogP contribution in [-0.4, -0.2) is 19.0 Å². The minimum Gasteiger partial charge on any atom is -0.350 e. The van der Waals surface area contributed by atoms with Gasteiger partial charge in [-0.1, -0.05) is 24.3 Å². The Morgan fingerprint density at radius 1 is 1.06 bits per heavy atom. The van der Waals surface area contributed by atoms with E-state index in [1.165, 1.54) is 18.4 Å². The molecule has 0 saturated carbocycles. The second-order valence-corrected chi connectivity index (χ2v) is 5.27. The van der Waals surface area contributed by atoms with Crippen molar-refractivity contribution in [2.24, 2.45) is 11.8 Å². The molecule has 0 amide bonds. The quantitative estimate of drug-likeness (QED) is 0.661. The third-order valence-electron chi connectivity index (χ3n) is 4.41. The summed E-state index contributed by atoms with van der Waals surface area (Å²) < 4.78 is 11.5. The first-order valence-corrected chi connectivity index (χ1v) is 6.24. The summed E-state index contributed by atoms with van der Waals surface area (Å²) in [5.41, 5.74) is 3.07. The highest BCUT2D eigenvalue weighted by Gasteiger charge is 2.45. The maximum absolute atomic E-state index is 5.86. The molecule has 3 aliphatic rings. The SMILES string of the molecule is c1ccc2c(c1)C[C@H]1CC3OCC(O3)[C@H]1C2. The van der Waals surface area contributed by atoms with Crippen LogP contribution >= 0.6 is 0 Å². The summed E-state index contributed by atoms with van der Waals surface area (Å²) in [5, 5.41) is 0. The summed E-state index contributed by atoms with van der Waals surface area (Å²) in [6.07, 6.45) is 3.95. The maximum atomic E-state index is 5.86.